The average Bonchev–Trinajstić information content (AvgIpc) is 3.54. The van der Waals surface area contributed by atoms with Crippen LogP contribution in [0.2, 0.25) is 0 Å². The van der Waals surface area contributed by atoms with Crippen LogP contribution in [-0.4, -0.2) is 76.5 Å². The maximum Gasteiger partial charge on any atom is 0.331 e. The van der Waals surface area contributed by atoms with Crippen molar-refractivity contribution in [1.29, 1.82) is 0 Å². The Balaban J connectivity index is 1.18. The lowest BCUT2D eigenvalue weighted by atomic mass is 9.43. The molecule has 2 amide bonds. The minimum atomic E-state index is -0.679. The average molecular weight is 501 g/mol. The smallest absolute Gasteiger partial charge is 0.331 e. The Bertz CT molecular complexity index is 967. The fourth-order valence-electron chi connectivity index (χ4n) is 10.0. The van der Waals surface area contributed by atoms with Crippen molar-refractivity contribution in [2.24, 2.45) is 34.5 Å². The zero-order chi connectivity index (χ0) is 25.5. The molecule has 0 unspecified atom stereocenters. The van der Waals surface area contributed by atoms with Crippen molar-refractivity contribution in [3.63, 3.8) is 0 Å². The van der Waals surface area contributed by atoms with E-state index in [2.05, 4.69) is 13.8 Å². The van der Waals surface area contributed by atoms with Gasteiger partial charge in [-0.2, -0.15) is 0 Å². The van der Waals surface area contributed by atoms with Crippen LogP contribution < -0.4 is 0 Å². The Hall–Kier alpha value is -1.60. The molecule has 0 radical (unpaired) electrons. The van der Waals surface area contributed by atoms with E-state index in [0.717, 1.165) is 63.4 Å². The van der Waals surface area contributed by atoms with E-state index >= 15 is 0 Å². The molecule has 200 valence electrons. The number of hydrogen-bond donors (Lipinski definition) is 2. The first kappa shape index (κ1) is 24.7. The van der Waals surface area contributed by atoms with E-state index < -0.39 is 5.60 Å². The van der Waals surface area contributed by atoms with Gasteiger partial charge in [0.25, 0.3) is 0 Å². The van der Waals surface area contributed by atoms with Gasteiger partial charge in [-0.1, -0.05) is 13.8 Å². The summed E-state index contributed by atoms with van der Waals surface area (Å²) in [5.74, 6) is 1.40. The SMILES string of the molecule is CN(C(=O)N1CC[C@H](O)C1)[C@H]1CC[C@@]2(C)[C@H](CC[C@@H]3[C@@H]2CC[C@]2(C)[C@@H](C4=CC(=O)OC4)CC[C@]32O)C1. The van der Waals surface area contributed by atoms with Gasteiger partial charge in [-0.25, -0.2) is 9.59 Å². The summed E-state index contributed by atoms with van der Waals surface area (Å²) in [6.45, 7) is 6.26. The monoisotopic (exact) mass is 500 g/mol. The zero-order valence-electron chi connectivity index (χ0n) is 22.2. The number of carbonyl (C=O) groups is 2. The largest absolute Gasteiger partial charge is 0.458 e. The lowest BCUT2D eigenvalue weighted by Gasteiger charge is -2.64. The highest BCUT2D eigenvalue weighted by Gasteiger charge is 2.67. The van der Waals surface area contributed by atoms with Gasteiger partial charge in [0.15, 0.2) is 0 Å². The van der Waals surface area contributed by atoms with Gasteiger partial charge in [-0.3, -0.25) is 0 Å². The molecule has 0 aromatic heterocycles. The maximum absolute atomic E-state index is 13.1. The summed E-state index contributed by atoms with van der Waals surface area (Å²) in [5.41, 5.74) is 0.423. The van der Waals surface area contributed by atoms with E-state index in [-0.39, 0.29) is 40.9 Å². The molecular weight excluding hydrogens is 456 g/mol. The minimum absolute atomic E-state index is 0.0669. The number of carbonyl (C=O) groups excluding carboxylic acids is 2. The fourth-order valence-corrected chi connectivity index (χ4v) is 10.0. The second-order valence-corrected chi connectivity index (χ2v) is 13.5. The van der Waals surface area contributed by atoms with Crippen LogP contribution in [0.3, 0.4) is 0 Å². The Morgan fingerprint density at radius 3 is 2.58 bits per heavy atom. The predicted molar refractivity (Wildman–Crippen MR) is 135 cm³/mol. The molecule has 0 aromatic carbocycles. The molecule has 6 rings (SSSR count). The minimum Gasteiger partial charge on any atom is -0.458 e. The molecule has 7 heteroatoms. The van der Waals surface area contributed by atoms with E-state index in [1.54, 1.807) is 6.08 Å². The molecule has 0 spiro atoms. The topological polar surface area (TPSA) is 90.3 Å². The fraction of sp³-hybridized carbons (Fsp3) is 0.862. The van der Waals surface area contributed by atoms with Crippen molar-refractivity contribution >= 4 is 12.0 Å². The van der Waals surface area contributed by atoms with Crippen molar-refractivity contribution in [2.45, 2.75) is 95.8 Å². The van der Waals surface area contributed by atoms with Gasteiger partial charge in [0.2, 0.25) is 0 Å². The Labute approximate surface area is 215 Å². The lowest BCUT2D eigenvalue weighted by Crippen LogP contribution is -2.63. The third-order valence-electron chi connectivity index (χ3n) is 12.2. The Kier molecular flexibility index (Phi) is 5.81. The van der Waals surface area contributed by atoms with Crippen LogP contribution >= 0.6 is 0 Å². The first-order chi connectivity index (χ1) is 17.1. The van der Waals surface area contributed by atoms with Crippen molar-refractivity contribution in [2.75, 3.05) is 26.7 Å². The summed E-state index contributed by atoms with van der Waals surface area (Å²) in [4.78, 5) is 28.6. The highest BCUT2D eigenvalue weighted by Crippen LogP contribution is 2.70. The number of urea groups is 1. The number of likely N-dealkylation sites (tertiary alicyclic amines) is 1. The number of aliphatic hydroxyl groups excluding tert-OH is 1. The summed E-state index contributed by atoms with van der Waals surface area (Å²) in [6, 6.07) is 0.321. The molecule has 7 nitrogen and oxygen atoms in total. The number of hydrogen-bond acceptors (Lipinski definition) is 5. The van der Waals surface area contributed by atoms with Crippen molar-refractivity contribution in [3.05, 3.63) is 11.6 Å². The summed E-state index contributed by atoms with van der Waals surface area (Å²) < 4.78 is 5.26. The summed E-state index contributed by atoms with van der Waals surface area (Å²) in [5, 5.41) is 22.3. The number of aliphatic hydroxyl groups is 2. The quantitative estimate of drug-likeness (QED) is 0.564. The summed E-state index contributed by atoms with van der Waals surface area (Å²) in [7, 11) is 1.95. The molecule has 0 aromatic rings. The first-order valence-corrected chi connectivity index (χ1v) is 14.4. The number of β-amino-alcohol motifs (C(OH)–C–C–N with tert-alkyl or cyclic N) is 1. The van der Waals surface area contributed by atoms with Crippen LogP contribution in [0.25, 0.3) is 0 Å². The normalized spacial score (nSPS) is 48.1. The number of nitrogens with zero attached hydrogens (tertiary/aromatic N) is 2. The Morgan fingerprint density at radius 1 is 1.08 bits per heavy atom. The highest BCUT2D eigenvalue weighted by molar-refractivity contribution is 5.85. The number of amides is 2. The Morgan fingerprint density at radius 2 is 1.89 bits per heavy atom. The van der Waals surface area contributed by atoms with Crippen molar-refractivity contribution < 1.29 is 24.5 Å². The van der Waals surface area contributed by atoms with Crippen LogP contribution in [0.1, 0.15) is 78.1 Å². The van der Waals surface area contributed by atoms with Gasteiger partial charge in [0.1, 0.15) is 6.61 Å². The highest BCUT2D eigenvalue weighted by atomic mass is 16.5. The van der Waals surface area contributed by atoms with Gasteiger partial charge < -0.3 is 24.7 Å². The molecule has 9 atom stereocenters. The third kappa shape index (κ3) is 3.44. The zero-order valence-corrected chi connectivity index (χ0v) is 22.2. The number of cyclic esters (lactones) is 1. The van der Waals surface area contributed by atoms with Crippen molar-refractivity contribution in [1.82, 2.24) is 9.80 Å². The van der Waals surface area contributed by atoms with Crippen LogP contribution in [0, 0.1) is 34.5 Å². The molecule has 1 saturated heterocycles. The molecule has 2 heterocycles. The molecule has 5 fully saturated rings. The van der Waals surface area contributed by atoms with Crippen LogP contribution in [0.4, 0.5) is 4.79 Å². The molecule has 0 bridgehead atoms. The van der Waals surface area contributed by atoms with E-state index in [4.69, 9.17) is 4.74 Å². The second-order valence-electron chi connectivity index (χ2n) is 13.5. The lowest BCUT2D eigenvalue weighted by molar-refractivity contribution is -0.206. The molecule has 2 aliphatic heterocycles. The second kappa shape index (κ2) is 8.45. The molecule has 6 aliphatic rings. The molecule has 4 aliphatic carbocycles. The number of ether oxygens (including phenoxy) is 1. The van der Waals surface area contributed by atoms with Gasteiger partial charge in [0, 0.05) is 37.7 Å². The summed E-state index contributed by atoms with van der Waals surface area (Å²) in [6.07, 6.45) is 11.2. The van der Waals surface area contributed by atoms with Crippen LogP contribution in [0.5, 0.6) is 0 Å². The number of fused-ring (bicyclic) bond motifs is 5. The standard InChI is InChI=1S/C29H44N2O5/c1-27-10-6-20(30(3)26(34)31-13-9-21(32)16-31)15-19(27)4-5-24-23(27)7-11-28(2)22(8-12-29(24,28)35)18-14-25(33)36-17-18/h14,19-24,32,35H,4-13,15-17H2,1-3H3/t19-,20+,21+,22-,23+,24-,27+,28-,29+/m1/s1. The van der Waals surface area contributed by atoms with E-state index in [9.17, 15) is 19.8 Å². The van der Waals surface area contributed by atoms with Gasteiger partial charge >= 0.3 is 12.0 Å². The number of rotatable bonds is 2. The maximum atomic E-state index is 13.1. The molecular formula is C29H44N2O5. The van der Waals surface area contributed by atoms with E-state index in [0.29, 0.717) is 43.9 Å². The summed E-state index contributed by atoms with van der Waals surface area (Å²) >= 11 is 0. The third-order valence-corrected chi connectivity index (χ3v) is 12.2. The van der Waals surface area contributed by atoms with E-state index in [1.165, 1.54) is 0 Å². The predicted octanol–water partition coefficient (Wildman–Crippen LogP) is 3.73. The van der Waals surface area contributed by atoms with Crippen LogP contribution in [0.15, 0.2) is 11.6 Å². The van der Waals surface area contributed by atoms with Gasteiger partial charge in [-0.15, -0.1) is 0 Å². The molecule has 4 saturated carbocycles. The van der Waals surface area contributed by atoms with Crippen molar-refractivity contribution in [3.8, 4) is 0 Å². The first-order valence-electron chi connectivity index (χ1n) is 14.4. The van der Waals surface area contributed by atoms with Gasteiger partial charge in [0.05, 0.1) is 11.7 Å². The van der Waals surface area contributed by atoms with E-state index in [1.807, 2.05) is 16.8 Å². The molecule has 36 heavy (non-hydrogen) atoms. The van der Waals surface area contributed by atoms with Crippen LogP contribution in [-0.2, 0) is 9.53 Å². The van der Waals surface area contributed by atoms with Gasteiger partial charge in [-0.05, 0) is 98.9 Å². The molecule has 2 N–H and O–H groups in total. The number of esters is 1.